The van der Waals surface area contributed by atoms with E-state index in [1.54, 1.807) is 30.8 Å². The molecule has 222 valence electrons. The molecule has 2 rings (SSSR count). The van der Waals surface area contributed by atoms with Gasteiger partial charge in [0.1, 0.15) is 12.1 Å². The van der Waals surface area contributed by atoms with E-state index >= 15 is 0 Å². The largest absolute Gasteiger partial charge is 0.357 e. The molecule has 4 atom stereocenters. The van der Waals surface area contributed by atoms with Crippen LogP contribution in [-0.4, -0.2) is 95.7 Å². The lowest BCUT2D eigenvalue weighted by Gasteiger charge is -2.41. The lowest BCUT2D eigenvalue weighted by atomic mass is 9.84. The Morgan fingerprint density at radius 2 is 1.54 bits per heavy atom. The minimum absolute atomic E-state index is 0.0288. The van der Waals surface area contributed by atoms with Gasteiger partial charge in [0.2, 0.25) is 23.6 Å². The van der Waals surface area contributed by atoms with Crippen molar-refractivity contribution in [2.24, 2.45) is 11.3 Å². The van der Waals surface area contributed by atoms with E-state index in [2.05, 4.69) is 29.4 Å². The van der Waals surface area contributed by atoms with E-state index in [0.29, 0.717) is 18.5 Å². The summed E-state index contributed by atoms with van der Waals surface area (Å²) >= 11 is 0. The SMILES string of the molecule is CNC(=O)[C@@H]1CCCN1C(=O)/C(C)=C/[C@H](C(C)C)N(C)C(=O)[C@@H](NC(=O)C1CCCCN1C(C)C)C(C)(C)C. The average molecular weight is 548 g/mol. The Morgan fingerprint density at radius 1 is 0.923 bits per heavy atom. The highest BCUT2D eigenvalue weighted by atomic mass is 16.2. The fraction of sp³-hybridized carbons (Fsp3) is 0.800. The van der Waals surface area contributed by atoms with Crippen LogP contribution in [0.25, 0.3) is 0 Å². The van der Waals surface area contributed by atoms with Crippen molar-refractivity contribution in [1.82, 2.24) is 25.3 Å². The van der Waals surface area contributed by atoms with Crippen molar-refractivity contribution < 1.29 is 19.2 Å². The van der Waals surface area contributed by atoms with Gasteiger partial charge in [-0.1, -0.05) is 47.1 Å². The predicted octanol–water partition coefficient (Wildman–Crippen LogP) is 2.95. The zero-order valence-electron chi connectivity index (χ0n) is 26.0. The lowest BCUT2D eigenvalue weighted by Crippen LogP contribution is -2.60. The van der Waals surface area contributed by atoms with Crippen LogP contribution in [-0.2, 0) is 19.2 Å². The number of piperidine rings is 1. The molecule has 2 aliphatic heterocycles. The van der Waals surface area contributed by atoms with Gasteiger partial charge in [-0.05, 0) is 64.3 Å². The molecule has 0 radical (unpaired) electrons. The molecule has 2 aliphatic rings. The number of nitrogens with zero attached hydrogens (tertiary/aromatic N) is 3. The van der Waals surface area contributed by atoms with E-state index in [-0.39, 0.29) is 47.7 Å². The first-order chi connectivity index (χ1) is 18.1. The second kappa shape index (κ2) is 13.8. The minimum Gasteiger partial charge on any atom is -0.357 e. The van der Waals surface area contributed by atoms with E-state index in [1.807, 2.05) is 40.7 Å². The molecule has 9 heteroatoms. The zero-order valence-corrected chi connectivity index (χ0v) is 26.0. The van der Waals surface area contributed by atoms with Gasteiger partial charge < -0.3 is 20.4 Å². The molecule has 0 aromatic heterocycles. The van der Waals surface area contributed by atoms with E-state index < -0.39 is 17.5 Å². The highest BCUT2D eigenvalue weighted by molar-refractivity contribution is 5.97. The zero-order chi connectivity index (χ0) is 29.7. The molecule has 2 heterocycles. The summed E-state index contributed by atoms with van der Waals surface area (Å²) in [6, 6.07) is -1.52. The first kappa shape index (κ1) is 32.8. The fourth-order valence-corrected chi connectivity index (χ4v) is 5.85. The summed E-state index contributed by atoms with van der Waals surface area (Å²) in [5.74, 6) is -0.579. The molecule has 2 fully saturated rings. The maximum absolute atomic E-state index is 14.0. The van der Waals surface area contributed by atoms with Crippen LogP contribution >= 0.6 is 0 Å². The third kappa shape index (κ3) is 8.05. The summed E-state index contributed by atoms with van der Waals surface area (Å²) in [5, 5.41) is 5.77. The summed E-state index contributed by atoms with van der Waals surface area (Å²) in [6.45, 7) is 17.3. The Morgan fingerprint density at radius 3 is 2.08 bits per heavy atom. The number of likely N-dealkylation sites (N-methyl/N-ethyl adjacent to an activating group) is 2. The van der Waals surface area contributed by atoms with E-state index in [0.717, 1.165) is 32.2 Å². The third-order valence-corrected chi connectivity index (χ3v) is 8.21. The molecule has 2 N–H and O–H groups in total. The van der Waals surface area contributed by atoms with E-state index in [4.69, 9.17) is 0 Å². The van der Waals surface area contributed by atoms with Crippen LogP contribution in [0, 0.1) is 11.3 Å². The molecule has 0 aromatic rings. The van der Waals surface area contributed by atoms with Gasteiger partial charge in [-0.2, -0.15) is 0 Å². The molecule has 0 spiro atoms. The Labute approximate surface area is 236 Å². The molecule has 9 nitrogen and oxygen atoms in total. The molecule has 39 heavy (non-hydrogen) atoms. The van der Waals surface area contributed by atoms with Gasteiger partial charge in [0, 0.05) is 32.3 Å². The monoisotopic (exact) mass is 547 g/mol. The van der Waals surface area contributed by atoms with Crippen molar-refractivity contribution in [1.29, 1.82) is 0 Å². The third-order valence-electron chi connectivity index (χ3n) is 8.21. The molecule has 0 aliphatic carbocycles. The summed E-state index contributed by atoms with van der Waals surface area (Å²) in [6.07, 6.45) is 6.14. The predicted molar refractivity (Wildman–Crippen MR) is 155 cm³/mol. The van der Waals surface area contributed by atoms with Gasteiger partial charge in [-0.15, -0.1) is 0 Å². The first-order valence-corrected chi connectivity index (χ1v) is 14.7. The molecule has 0 saturated carbocycles. The van der Waals surface area contributed by atoms with Crippen molar-refractivity contribution in [2.75, 3.05) is 27.2 Å². The van der Waals surface area contributed by atoms with Crippen LogP contribution in [0.15, 0.2) is 11.6 Å². The number of carbonyl (C=O) groups is 4. The summed E-state index contributed by atoms with van der Waals surface area (Å²) < 4.78 is 0. The average Bonchev–Trinajstić information content (AvgIpc) is 3.37. The fourth-order valence-electron chi connectivity index (χ4n) is 5.85. The molecule has 1 unspecified atom stereocenters. The smallest absolute Gasteiger partial charge is 0.249 e. The van der Waals surface area contributed by atoms with Crippen molar-refractivity contribution >= 4 is 23.6 Å². The molecule has 4 amide bonds. The van der Waals surface area contributed by atoms with Crippen LogP contribution in [0.3, 0.4) is 0 Å². The molecular formula is C30H53N5O4. The van der Waals surface area contributed by atoms with Gasteiger partial charge in [-0.3, -0.25) is 24.1 Å². The number of hydrogen-bond acceptors (Lipinski definition) is 5. The Kier molecular flexibility index (Phi) is 11.6. The van der Waals surface area contributed by atoms with Crippen LogP contribution in [0.4, 0.5) is 0 Å². The summed E-state index contributed by atoms with van der Waals surface area (Å²) in [7, 11) is 3.33. The Balaban J connectivity index is 2.27. The van der Waals surface area contributed by atoms with E-state index in [1.165, 1.54) is 0 Å². The quantitative estimate of drug-likeness (QED) is 0.432. The van der Waals surface area contributed by atoms with Gasteiger partial charge in [-0.25, -0.2) is 0 Å². The molecular weight excluding hydrogens is 494 g/mol. The van der Waals surface area contributed by atoms with Crippen LogP contribution in [0.2, 0.25) is 0 Å². The number of carbonyl (C=O) groups excluding carboxylic acids is 4. The number of nitrogens with one attached hydrogen (secondary N) is 2. The van der Waals surface area contributed by atoms with Crippen molar-refractivity contribution in [3.05, 3.63) is 11.6 Å². The lowest BCUT2D eigenvalue weighted by molar-refractivity contribution is -0.142. The number of hydrogen-bond donors (Lipinski definition) is 2. The number of rotatable bonds is 9. The van der Waals surface area contributed by atoms with Crippen molar-refractivity contribution in [3.63, 3.8) is 0 Å². The highest BCUT2D eigenvalue weighted by Gasteiger charge is 2.40. The first-order valence-electron chi connectivity index (χ1n) is 14.7. The Bertz CT molecular complexity index is 923. The van der Waals surface area contributed by atoms with Crippen LogP contribution in [0.5, 0.6) is 0 Å². The minimum atomic E-state index is -0.715. The van der Waals surface area contributed by atoms with E-state index in [9.17, 15) is 19.2 Å². The second-order valence-electron chi connectivity index (χ2n) is 13.0. The number of likely N-dealkylation sites (tertiary alicyclic amines) is 2. The summed E-state index contributed by atoms with van der Waals surface area (Å²) in [4.78, 5) is 58.6. The summed E-state index contributed by atoms with van der Waals surface area (Å²) in [5.41, 5.74) is 0.000316. The maximum Gasteiger partial charge on any atom is 0.249 e. The van der Waals surface area contributed by atoms with Gasteiger partial charge in [0.25, 0.3) is 0 Å². The molecule has 0 aromatic carbocycles. The number of amides is 4. The normalized spacial score (nSPS) is 22.6. The van der Waals surface area contributed by atoms with Gasteiger partial charge in [0.05, 0.1) is 12.1 Å². The standard InChI is InChI=1S/C30H53N5O4/c1-19(2)24(18-21(5)28(38)35-17-13-15-22(35)26(36)31-9)33(10)29(39)25(30(6,7)8)32-27(37)23-14-11-12-16-34(23)20(3)4/h18-20,22-25H,11-17H2,1-10H3,(H,31,36)(H,32,37)/b21-18+/t22-,23?,24+,25+/m0/s1. The Hall–Kier alpha value is -2.42. The van der Waals surface area contributed by atoms with Gasteiger partial charge >= 0.3 is 0 Å². The van der Waals surface area contributed by atoms with Gasteiger partial charge in [0.15, 0.2) is 0 Å². The second-order valence-corrected chi connectivity index (χ2v) is 13.0. The van der Waals surface area contributed by atoms with Crippen LogP contribution in [0.1, 0.15) is 87.5 Å². The topological polar surface area (TPSA) is 102 Å². The van der Waals surface area contributed by atoms with Crippen molar-refractivity contribution in [3.8, 4) is 0 Å². The van der Waals surface area contributed by atoms with Crippen LogP contribution < -0.4 is 10.6 Å². The molecule has 2 saturated heterocycles. The molecule has 0 bridgehead atoms. The van der Waals surface area contributed by atoms with Crippen molar-refractivity contribution in [2.45, 2.75) is 118 Å². The highest BCUT2D eigenvalue weighted by Crippen LogP contribution is 2.26. The maximum atomic E-state index is 14.0.